The molecule has 0 aliphatic carbocycles. The third-order valence-corrected chi connectivity index (χ3v) is 5.41. The zero-order valence-corrected chi connectivity index (χ0v) is 12.8. The molecule has 1 heterocycles. The lowest BCUT2D eigenvalue weighted by atomic mass is 10.1. The van der Waals surface area contributed by atoms with Crippen molar-refractivity contribution in [1.82, 2.24) is 4.72 Å². The van der Waals surface area contributed by atoms with E-state index in [1.54, 1.807) is 6.92 Å². The van der Waals surface area contributed by atoms with E-state index in [1.165, 1.54) is 17.4 Å². The molecule has 0 saturated heterocycles. The second kappa shape index (κ2) is 5.25. The number of rotatable bonds is 5. The highest BCUT2D eigenvalue weighted by Crippen LogP contribution is 2.29. The summed E-state index contributed by atoms with van der Waals surface area (Å²) >= 11 is 4.43. The first kappa shape index (κ1) is 15.6. The Morgan fingerprint density at radius 2 is 2.17 bits per heavy atom. The predicted octanol–water partition coefficient (Wildman–Crippen LogP) is 0.933. The first-order valence-electron chi connectivity index (χ1n) is 4.77. The maximum absolute atomic E-state index is 11.9. The molecule has 0 fully saturated rings. The van der Waals surface area contributed by atoms with Crippen molar-refractivity contribution in [2.75, 3.05) is 6.54 Å². The minimum Gasteiger partial charge on any atom is -0.479 e. The van der Waals surface area contributed by atoms with Gasteiger partial charge >= 0.3 is 5.97 Å². The van der Waals surface area contributed by atoms with Gasteiger partial charge in [-0.1, -0.05) is 0 Å². The lowest BCUT2D eigenvalue weighted by Crippen LogP contribution is -2.46. The van der Waals surface area contributed by atoms with Crippen LogP contribution in [0.4, 0.5) is 0 Å². The van der Waals surface area contributed by atoms with E-state index in [4.69, 9.17) is 5.11 Å². The quantitative estimate of drug-likeness (QED) is 0.727. The normalized spacial score (nSPS) is 15.3. The van der Waals surface area contributed by atoms with Gasteiger partial charge in [0.2, 0.25) is 10.0 Å². The lowest BCUT2D eigenvalue weighted by molar-refractivity contribution is -0.155. The SMILES string of the molecule is Cc1sc(Br)cc1S(=O)(=O)NCC(C)(O)C(=O)O. The zero-order chi connectivity index (χ0) is 14.1. The summed E-state index contributed by atoms with van der Waals surface area (Å²) in [7, 11) is -3.83. The van der Waals surface area contributed by atoms with Crippen LogP contribution in [0, 0.1) is 6.92 Å². The number of sulfonamides is 1. The third-order valence-electron chi connectivity index (χ3n) is 2.20. The zero-order valence-electron chi connectivity index (χ0n) is 9.60. The van der Waals surface area contributed by atoms with E-state index < -0.39 is 28.1 Å². The molecule has 9 heteroatoms. The van der Waals surface area contributed by atoms with Gasteiger partial charge in [-0.2, -0.15) is 0 Å². The van der Waals surface area contributed by atoms with Crippen LogP contribution in [0.1, 0.15) is 11.8 Å². The Labute approximate surface area is 117 Å². The van der Waals surface area contributed by atoms with E-state index >= 15 is 0 Å². The highest BCUT2D eigenvalue weighted by atomic mass is 79.9. The summed E-state index contributed by atoms with van der Waals surface area (Å²) in [5, 5.41) is 18.1. The van der Waals surface area contributed by atoms with Crippen molar-refractivity contribution in [3.05, 3.63) is 14.7 Å². The number of carboxylic acids is 1. The lowest BCUT2D eigenvalue weighted by Gasteiger charge is -2.18. The third kappa shape index (κ3) is 3.51. The van der Waals surface area contributed by atoms with Gasteiger partial charge in [-0.05, 0) is 35.8 Å². The topological polar surface area (TPSA) is 104 Å². The summed E-state index contributed by atoms with van der Waals surface area (Å²) in [6.07, 6.45) is 0. The summed E-state index contributed by atoms with van der Waals surface area (Å²) < 4.78 is 26.5. The van der Waals surface area contributed by atoms with E-state index in [9.17, 15) is 18.3 Å². The molecule has 18 heavy (non-hydrogen) atoms. The Hall–Kier alpha value is -0.480. The summed E-state index contributed by atoms with van der Waals surface area (Å²) in [6.45, 7) is 2.06. The first-order chi connectivity index (χ1) is 8.06. The van der Waals surface area contributed by atoms with Crippen LogP contribution in [-0.4, -0.2) is 36.7 Å². The molecule has 0 radical (unpaired) electrons. The van der Waals surface area contributed by atoms with Crippen molar-refractivity contribution < 1.29 is 23.4 Å². The summed E-state index contributed by atoms with van der Waals surface area (Å²) in [5.41, 5.74) is -2.14. The van der Waals surface area contributed by atoms with Crippen molar-refractivity contribution in [1.29, 1.82) is 0 Å². The van der Waals surface area contributed by atoms with E-state index in [2.05, 4.69) is 20.7 Å². The van der Waals surface area contributed by atoms with Crippen LogP contribution >= 0.6 is 27.3 Å². The molecular weight excluding hydrogens is 346 g/mol. The molecule has 1 aromatic heterocycles. The maximum atomic E-state index is 11.9. The van der Waals surface area contributed by atoms with Crippen LogP contribution in [0.15, 0.2) is 14.7 Å². The fraction of sp³-hybridized carbons (Fsp3) is 0.444. The minimum absolute atomic E-state index is 0.0700. The van der Waals surface area contributed by atoms with Gasteiger partial charge in [0.15, 0.2) is 5.60 Å². The molecule has 0 aliphatic rings. The van der Waals surface area contributed by atoms with Gasteiger partial charge in [-0.15, -0.1) is 11.3 Å². The number of aryl methyl sites for hydroxylation is 1. The molecule has 0 bridgehead atoms. The standard InChI is InChI=1S/C9H12BrNO5S2/c1-5-6(3-7(10)17-5)18(15,16)11-4-9(2,14)8(12)13/h3,11,14H,4H2,1-2H3,(H,12,13). The second-order valence-corrected chi connectivity index (χ2v) is 8.25. The molecule has 0 aliphatic heterocycles. The summed E-state index contributed by atoms with van der Waals surface area (Å²) in [6, 6.07) is 1.43. The molecule has 0 spiro atoms. The number of aliphatic hydroxyl groups is 1. The van der Waals surface area contributed by atoms with Gasteiger partial charge in [-0.3, -0.25) is 0 Å². The van der Waals surface area contributed by atoms with Gasteiger partial charge in [0.1, 0.15) is 0 Å². The van der Waals surface area contributed by atoms with Crippen LogP contribution < -0.4 is 4.72 Å². The van der Waals surface area contributed by atoms with Crippen LogP contribution in [0.3, 0.4) is 0 Å². The number of hydrogen-bond acceptors (Lipinski definition) is 5. The monoisotopic (exact) mass is 357 g/mol. The van der Waals surface area contributed by atoms with Crippen LogP contribution in [-0.2, 0) is 14.8 Å². The fourth-order valence-electron chi connectivity index (χ4n) is 1.09. The van der Waals surface area contributed by atoms with Gasteiger partial charge < -0.3 is 10.2 Å². The molecule has 102 valence electrons. The molecule has 1 rings (SSSR count). The molecule has 1 atom stereocenters. The largest absolute Gasteiger partial charge is 0.479 e. The highest BCUT2D eigenvalue weighted by molar-refractivity contribution is 9.11. The molecule has 3 N–H and O–H groups in total. The highest BCUT2D eigenvalue weighted by Gasteiger charge is 2.32. The Balaban J connectivity index is 2.91. The average molecular weight is 358 g/mol. The van der Waals surface area contributed by atoms with Crippen molar-refractivity contribution in [2.24, 2.45) is 0 Å². The predicted molar refractivity (Wildman–Crippen MR) is 70.2 cm³/mol. The number of carboxylic acid groups (broad SMARTS) is 1. The number of carbonyl (C=O) groups is 1. The molecule has 0 amide bonds. The number of aliphatic carboxylic acids is 1. The van der Waals surface area contributed by atoms with Gasteiger partial charge in [0, 0.05) is 4.88 Å². The Bertz CT molecular complexity index is 564. The number of nitrogens with one attached hydrogen (secondary N) is 1. The molecular formula is C9H12BrNO5S2. The smallest absolute Gasteiger partial charge is 0.336 e. The van der Waals surface area contributed by atoms with Gasteiger partial charge in [0.05, 0.1) is 15.2 Å². The molecule has 0 aromatic carbocycles. The van der Waals surface area contributed by atoms with Crippen molar-refractivity contribution in [3.63, 3.8) is 0 Å². The van der Waals surface area contributed by atoms with Crippen LogP contribution in [0.5, 0.6) is 0 Å². The molecule has 1 aromatic rings. The van der Waals surface area contributed by atoms with Gasteiger partial charge in [0.25, 0.3) is 0 Å². The second-order valence-electron chi connectivity index (χ2n) is 3.87. The fourth-order valence-corrected chi connectivity index (χ4v) is 4.63. The van der Waals surface area contributed by atoms with Crippen molar-refractivity contribution >= 4 is 43.3 Å². The van der Waals surface area contributed by atoms with Crippen molar-refractivity contribution in [3.8, 4) is 0 Å². The van der Waals surface area contributed by atoms with Gasteiger partial charge in [-0.25, -0.2) is 17.9 Å². The van der Waals surface area contributed by atoms with E-state index in [0.717, 1.165) is 6.92 Å². The molecule has 6 nitrogen and oxygen atoms in total. The molecule has 1 unspecified atom stereocenters. The first-order valence-corrected chi connectivity index (χ1v) is 7.87. The molecule has 0 saturated carbocycles. The number of thiophene rings is 1. The number of halogens is 1. The Kier molecular flexibility index (Phi) is 4.55. The number of hydrogen-bond donors (Lipinski definition) is 3. The Morgan fingerprint density at radius 1 is 1.61 bits per heavy atom. The summed E-state index contributed by atoms with van der Waals surface area (Å²) in [4.78, 5) is 11.3. The maximum Gasteiger partial charge on any atom is 0.336 e. The summed E-state index contributed by atoms with van der Waals surface area (Å²) in [5.74, 6) is -1.49. The minimum atomic E-state index is -3.83. The Morgan fingerprint density at radius 3 is 2.56 bits per heavy atom. The average Bonchev–Trinajstić information content (AvgIpc) is 2.56. The van der Waals surface area contributed by atoms with E-state index in [1.807, 2.05) is 0 Å². The van der Waals surface area contributed by atoms with Crippen LogP contribution in [0.2, 0.25) is 0 Å². The van der Waals surface area contributed by atoms with E-state index in [-0.39, 0.29) is 4.90 Å². The van der Waals surface area contributed by atoms with E-state index in [0.29, 0.717) is 8.66 Å². The van der Waals surface area contributed by atoms with Crippen LogP contribution in [0.25, 0.3) is 0 Å². The van der Waals surface area contributed by atoms with Crippen molar-refractivity contribution in [2.45, 2.75) is 24.3 Å².